The second-order valence-electron chi connectivity index (χ2n) is 8.48. The van der Waals surface area contributed by atoms with Crippen molar-refractivity contribution in [2.24, 2.45) is 10.9 Å². The Labute approximate surface area is 200 Å². The lowest BCUT2D eigenvalue weighted by Gasteiger charge is -2.33. The lowest BCUT2D eigenvalue weighted by Crippen LogP contribution is -2.38. The van der Waals surface area contributed by atoms with E-state index in [0.29, 0.717) is 17.5 Å². The van der Waals surface area contributed by atoms with Crippen LogP contribution in [0.1, 0.15) is 38.7 Å². The predicted octanol–water partition coefficient (Wildman–Crippen LogP) is 6.69. The van der Waals surface area contributed by atoms with Gasteiger partial charge >= 0.3 is 0 Å². The number of allylic oxidation sites excluding steroid dienone is 2. The topological polar surface area (TPSA) is 48.6 Å². The summed E-state index contributed by atoms with van der Waals surface area (Å²) in [6.45, 7) is 9.79. The average Bonchev–Trinajstić information content (AvgIpc) is 2.85. The van der Waals surface area contributed by atoms with Crippen molar-refractivity contribution in [2.75, 3.05) is 19.7 Å². The molecule has 178 valence electrons. The number of rotatable bonds is 8. The Morgan fingerprint density at radius 2 is 1.82 bits per heavy atom. The molecule has 1 fully saturated rings. The second-order valence-corrected chi connectivity index (χ2v) is 8.48. The Hall–Kier alpha value is -3.46. The van der Waals surface area contributed by atoms with Gasteiger partial charge in [0, 0.05) is 19.3 Å². The van der Waals surface area contributed by atoms with Gasteiger partial charge in [0.25, 0.3) is 0 Å². The molecule has 0 spiro atoms. The maximum atomic E-state index is 14.7. The second kappa shape index (κ2) is 12.1. The highest BCUT2D eigenvalue weighted by Gasteiger charge is 2.22. The van der Waals surface area contributed by atoms with E-state index in [2.05, 4.69) is 29.5 Å². The molecule has 0 saturated carbocycles. The van der Waals surface area contributed by atoms with Crippen LogP contribution in [0, 0.1) is 28.9 Å². The van der Waals surface area contributed by atoms with Crippen LogP contribution in [0.5, 0.6) is 5.75 Å². The smallest absolute Gasteiger partial charge is 0.190 e. The molecular weight excluding hydrogens is 432 g/mol. The van der Waals surface area contributed by atoms with Crippen LogP contribution in [0.2, 0.25) is 0 Å². The average molecular weight is 464 g/mol. The minimum Gasteiger partial charge on any atom is -0.487 e. The standard InChI is InChI=1S/C28H31F2N3O/c1-4-21(5-2)18-32-20(3)33-14-11-23(12-15-33)19-34-28-26(29)16-25(17-27(28)30)24-8-6-22(7-9-24)10-13-31/h4,6-9,16-18,23H,1,5,10-12,14-15,19H2,2-3H3/b21-18+,32-20?. The van der Waals surface area contributed by atoms with Crippen molar-refractivity contribution < 1.29 is 13.5 Å². The molecule has 0 bridgehead atoms. The van der Waals surface area contributed by atoms with E-state index in [9.17, 15) is 8.78 Å². The van der Waals surface area contributed by atoms with Crippen LogP contribution in [-0.4, -0.2) is 30.4 Å². The van der Waals surface area contributed by atoms with Gasteiger partial charge in [-0.25, -0.2) is 13.8 Å². The van der Waals surface area contributed by atoms with E-state index in [4.69, 9.17) is 10.00 Å². The molecule has 0 aromatic heterocycles. The fraction of sp³-hybridized carbons (Fsp3) is 0.357. The van der Waals surface area contributed by atoms with Crippen molar-refractivity contribution >= 4 is 5.84 Å². The van der Waals surface area contributed by atoms with E-state index in [1.165, 1.54) is 12.1 Å². The Morgan fingerprint density at radius 1 is 1.18 bits per heavy atom. The first-order valence-corrected chi connectivity index (χ1v) is 11.6. The van der Waals surface area contributed by atoms with Crippen molar-refractivity contribution in [2.45, 2.75) is 39.5 Å². The molecule has 34 heavy (non-hydrogen) atoms. The molecule has 6 heteroatoms. The molecule has 4 nitrogen and oxygen atoms in total. The van der Waals surface area contributed by atoms with Crippen LogP contribution in [0.15, 0.2) is 65.8 Å². The van der Waals surface area contributed by atoms with Crippen LogP contribution in [0.3, 0.4) is 0 Å². The number of hydrogen-bond acceptors (Lipinski definition) is 3. The Bertz CT molecular complexity index is 1070. The molecule has 0 N–H and O–H groups in total. The minimum atomic E-state index is -0.711. The molecule has 2 aromatic carbocycles. The molecule has 0 aliphatic carbocycles. The molecule has 1 saturated heterocycles. The molecule has 0 unspecified atom stereocenters. The summed E-state index contributed by atoms with van der Waals surface area (Å²) in [6.07, 6.45) is 6.60. The van der Waals surface area contributed by atoms with E-state index < -0.39 is 11.6 Å². The number of piperidine rings is 1. The maximum absolute atomic E-state index is 14.7. The number of aliphatic imine (C=N–C) groups is 1. The number of nitriles is 1. The highest BCUT2D eigenvalue weighted by molar-refractivity contribution is 5.80. The normalized spacial score (nSPS) is 15.2. The van der Waals surface area contributed by atoms with Gasteiger partial charge in [0.2, 0.25) is 0 Å². The van der Waals surface area contributed by atoms with Crippen LogP contribution < -0.4 is 4.74 Å². The molecule has 0 atom stereocenters. The first-order valence-electron chi connectivity index (χ1n) is 11.6. The maximum Gasteiger partial charge on any atom is 0.190 e. The van der Waals surface area contributed by atoms with E-state index in [1.54, 1.807) is 24.3 Å². The van der Waals surface area contributed by atoms with Gasteiger partial charge < -0.3 is 9.64 Å². The van der Waals surface area contributed by atoms with Crippen molar-refractivity contribution in [3.8, 4) is 22.9 Å². The van der Waals surface area contributed by atoms with Crippen LogP contribution in [0.4, 0.5) is 8.78 Å². The molecule has 2 aromatic rings. The molecule has 1 heterocycles. The fourth-order valence-electron chi connectivity index (χ4n) is 3.94. The summed E-state index contributed by atoms with van der Waals surface area (Å²) in [5.41, 5.74) is 3.07. The summed E-state index contributed by atoms with van der Waals surface area (Å²) in [5.74, 6) is -0.563. The number of hydrogen-bond donors (Lipinski definition) is 0. The highest BCUT2D eigenvalue weighted by atomic mass is 19.1. The number of nitrogens with zero attached hydrogens (tertiary/aromatic N) is 3. The van der Waals surface area contributed by atoms with Gasteiger partial charge in [0.05, 0.1) is 19.1 Å². The van der Waals surface area contributed by atoms with Crippen molar-refractivity contribution in [1.82, 2.24) is 4.90 Å². The van der Waals surface area contributed by atoms with Crippen LogP contribution >= 0.6 is 0 Å². The monoisotopic (exact) mass is 463 g/mol. The molecule has 1 aliphatic rings. The van der Waals surface area contributed by atoms with Gasteiger partial charge in [-0.2, -0.15) is 5.26 Å². The Balaban J connectivity index is 1.57. The van der Waals surface area contributed by atoms with Crippen molar-refractivity contribution in [3.05, 3.63) is 78.0 Å². The van der Waals surface area contributed by atoms with E-state index >= 15 is 0 Å². The zero-order valence-corrected chi connectivity index (χ0v) is 19.9. The van der Waals surface area contributed by atoms with Gasteiger partial charge in [-0.1, -0.05) is 43.8 Å². The fourth-order valence-corrected chi connectivity index (χ4v) is 3.94. The SMILES string of the molecule is C=C/C(=C\N=C(C)N1CCC(COc2c(F)cc(-c3ccc(CC#N)cc3)cc2F)CC1)CC. The molecule has 0 radical (unpaired) electrons. The number of likely N-dealkylation sites (tertiary alicyclic amines) is 1. The van der Waals surface area contributed by atoms with Crippen LogP contribution in [0.25, 0.3) is 11.1 Å². The lowest BCUT2D eigenvalue weighted by atomic mass is 9.97. The van der Waals surface area contributed by atoms with Crippen molar-refractivity contribution in [1.29, 1.82) is 5.26 Å². The van der Waals surface area contributed by atoms with E-state index in [0.717, 1.165) is 49.3 Å². The summed E-state index contributed by atoms with van der Waals surface area (Å²) < 4.78 is 35.0. The largest absolute Gasteiger partial charge is 0.487 e. The first kappa shape index (κ1) is 25.2. The predicted molar refractivity (Wildman–Crippen MR) is 133 cm³/mol. The third-order valence-corrected chi connectivity index (χ3v) is 6.19. The zero-order valence-electron chi connectivity index (χ0n) is 19.9. The van der Waals surface area contributed by atoms with E-state index in [-0.39, 0.29) is 18.3 Å². The first-order chi connectivity index (χ1) is 16.4. The minimum absolute atomic E-state index is 0.227. The number of benzene rings is 2. The van der Waals surface area contributed by atoms with Crippen molar-refractivity contribution in [3.63, 3.8) is 0 Å². The zero-order chi connectivity index (χ0) is 24.5. The molecule has 3 rings (SSSR count). The quantitative estimate of drug-likeness (QED) is 0.249. The Morgan fingerprint density at radius 3 is 2.38 bits per heavy atom. The molecular formula is C28H31F2N3O. The van der Waals surface area contributed by atoms with Crippen LogP contribution in [-0.2, 0) is 6.42 Å². The van der Waals surface area contributed by atoms with Gasteiger partial charge in [-0.15, -0.1) is 0 Å². The van der Waals surface area contributed by atoms with Gasteiger partial charge in [0.1, 0.15) is 5.84 Å². The lowest BCUT2D eigenvalue weighted by molar-refractivity contribution is 0.172. The summed E-state index contributed by atoms with van der Waals surface area (Å²) in [6, 6.07) is 11.8. The summed E-state index contributed by atoms with van der Waals surface area (Å²) in [7, 11) is 0. The Kier molecular flexibility index (Phi) is 8.98. The molecule has 1 aliphatic heterocycles. The number of amidine groups is 1. The summed E-state index contributed by atoms with van der Waals surface area (Å²) in [4.78, 5) is 6.77. The van der Waals surface area contributed by atoms with E-state index in [1.807, 2.05) is 19.2 Å². The van der Waals surface area contributed by atoms with Gasteiger partial charge in [-0.3, -0.25) is 0 Å². The number of halogens is 2. The summed E-state index contributed by atoms with van der Waals surface area (Å²) >= 11 is 0. The number of ether oxygens (including phenoxy) is 1. The third-order valence-electron chi connectivity index (χ3n) is 6.19. The van der Waals surface area contributed by atoms with Gasteiger partial charge in [-0.05, 0) is 66.5 Å². The highest BCUT2D eigenvalue weighted by Crippen LogP contribution is 2.30. The third kappa shape index (κ3) is 6.54. The van der Waals surface area contributed by atoms with Gasteiger partial charge in [0.15, 0.2) is 17.4 Å². The molecule has 0 amide bonds. The summed E-state index contributed by atoms with van der Waals surface area (Å²) in [5, 5.41) is 8.77.